The van der Waals surface area contributed by atoms with Gasteiger partial charge in [0.05, 0.1) is 6.10 Å². The summed E-state index contributed by atoms with van der Waals surface area (Å²) >= 11 is 0. The Hall–Kier alpha value is -1.25. The monoisotopic (exact) mass is 306 g/mol. The highest BCUT2D eigenvalue weighted by atomic mass is 32.2. The number of hydrogen-bond donors (Lipinski definition) is 2. The number of rotatable bonds is 4. The summed E-state index contributed by atoms with van der Waals surface area (Å²) in [6.45, 7) is 2.46. The number of sulfonamides is 1. The second-order valence-electron chi connectivity index (χ2n) is 4.79. The molecule has 8 heteroatoms. The molecule has 3 N–H and O–H groups in total. The molecule has 1 fully saturated rings. The lowest BCUT2D eigenvalue weighted by Crippen LogP contribution is -2.33. The highest BCUT2D eigenvalue weighted by Crippen LogP contribution is 2.23. The first kappa shape index (κ1) is 15.1. The van der Waals surface area contributed by atoms with Crippen LogP contribution in [0.2, 0.25) is 0 Å². The molecule has 2 unspecified atom stereocenters. The van der Waals surface area contributed by atoms with Gasteiger partial charge in [-0.3, -0.25) is 0 Å². The Morgan fingerprint density at radius 1 is 1.40 bits per heavy atom. The zero-order valence-electron chi connectivity index (χ0n) is 10.9. The fourth-order valence-electron chi connectivity index (χ4n) is 2.17. The van der Waals surface area contributed by atoms with E-state index in [4.69, 9.17) is 10.5 Å². The number of hydrogen-bond acceptors (Lipinski definition) is 4. The van der Waals surface area contributed by atoms with Crippen molar-refractivity contribution in [1.82, 2.24) is 4.72 Å². The molecular weight excluding hydrogens is 290 g/mol. The van der Waals surface area contributed by atoms with Crippen LogP contribution >= 0.6 is 0 Å². The third-order valence-electron chi connectivity index (χ3n) is 3.36. The Morgan fingerprint density at radius 3 is 2.50 bits per heavy atom. The van der Waals surface area contributed by atoms with Crippen molar-refractivity contribution in [2.45, 2.75) is 24.3 Å². The summed E-state index contributed by atoms with van der Waals surface area (Å²) in [5.41, 5.74) is 5.08. The average Bonchev–Trinajstić information content (AvgIpc) is 2.70. The van der Waals surface area contributed by atoms with Crippen LogP contribution in [0.25, 0.3) is 0 Å². The van der Waals surface area contributed by atoms with Gasteiger partial charge in [-0.05, 0) is 25.5 Å². The van der Waals surface area contributed by atoms with Crippen LogP contribution in [0.15, 0.2) is 17.0 Å². The maximum absolute atomic E-state index is 13.6. The van der Waals surface area contributed by atoms with Crippen molar-refractivity contribution in [2.24, 2.45) is 5.92 Å². The summed E-state index contributed by atoms with van der Waals surface area (Å²) in [5.74, 6) is -2.42. The summed E-state index contributed by atoms with van der Waals surface area (Å²) < 4.78 is 58.7. The molecule has 0 bridgehead atoms. The van der Waals surface area contributed by atoms with E-state index >= 15 is 0 Å². The number of benzene rings is 1. The highest BCUT2D eigenvalue weighted by molar-refractivity contribution is 7.89. The molecule has 1 aromatic rings. The number of halogens is 2. The first-order valence-corrected chi connectivity index (χ1v) is 7.65. The smallest absolute Gasteiger partial charge is 0.246 e. The van der Waals surface area contributed by atoms with Gasteiger partial charge in [0.2, 0.25) is 10.0 Å². The van der Waals surface area contributed by atoms with Gasteiger partial charge in [0.1, 0.15) is 11.6 Å². The first-order chi connectivity index (χ1) is 9.31. The van der Waals surface area contributed by atoms with Crippen LogP contribution < -0.4 is 10.5 Å². The molecule has 2 atom stereocenters. The van der Waals surface area contributed by atoms with E-state index in [0.717, 1.165) is 12.1 Å². The van der Waals surface area contributed by atoms with Crippen molar-refractivity contribution in [2.75, 3.05) is 18.9 Å². The third kappa shape index (κ3) is 3.08. The molecule has 0 saturated carbocycles. The Labute approximate surface area is 116 Å². The molecule has 0 aliphatic carbocycles. The normalized spacial score (nSPS) is 23.1. The predicted molar refractivity (Wildman–Crippen MR) is 69.5 cm³/mol. The number of nitrogen functional groups attached to an aromatic ring is 1. The van der Waals surface area contributed by atoms with Crippen molar-refractivity contribution in [3.63, 3.8) is 0 Å². The lowest BCUT2D eigenvalue weighted by Gasteiger charge is -2.15. The number of ether oxygens (including phenoxy) is 1. The van der Waals surface area contributed by atoms with Crippen LogP contribution in [0.3, 0.4) is 0 Å². The Kier molecular flexibility index (Phi) is 4.26. The summed E-state index contributed by atoms with van der Waals surface area (Å²) in [6.07, 6.45) is 0.620. The minimum Gasteiger partial charge on any atom is -0.399 e. The molecule has 2 rings (SSSR count). The fraction of sp³-hybridized carbons (Fsp3) is 0.500. The van der Waals surface area contributed by atoms with E-state index in [-0.39, 0.29) is 24.3 Å². The molecule has 20 heavy (non-hydrogen) atoms. The molecule has 1 aromatic carbocycles. The lowest BCUT2D eigenvalue weighted by atomic mass is 10.0. The van der Waals surface area contributed by atoms with Gasteiger partial charge < -0.3 is 10.5 Å². The number of nitrogens with two attached hydrogens (primary N) is 1. The van der Waals surface area contributed by atoms with Crippen LogP contribution in [0.4, 0.5) is 14.5 Å². The quantitative estimate of drug-likeness (QED) is 0.820. The Morgan fingerprint density at radius 2 is 2.00 bits per heavy atom. The summed E-state index contributed by atoms with van der Waals surface area (Å²) in [6, 6.07) is 1.55. The summed E-state index contributed by atoms with van der Waals surface area (Å²) in [4.78, 5) is -1.00. The zero-order chi connectivity index (χ0) is 14.9. The molecule has 0 spiro atoms. The third-order valence-corrected chi connectivity index (χ3v) is 4.83. The number of nitrogens with one attached hydrogen (secondary N) is 1. The van der Waals surface area contributed by atoms with Gasteiger partial charge in [0.25, 0.3) is 0 Å². The Balaban J connectivity index is 2.18. The van der Waals surface area contributed by atoms with Gasteiger partial charge >= 0.3 is 0 Å². The molecule has 1 heterocycles. The lowest BCUT2D eigenvalue weighted by molar-refractivity contribution is 0.107. The van der Waals surface area contributed by atoms with Gasteiger partial charge in [-0.2, -0.15) is 0 Å². The minimum absolute atomic E-state index is 0.00956. The topological polar surface area (TPSA) is 81.4 Å². The molecule has 0 radical (unpaired) electrons. The van der Waals surface area contributed by atoms with Crippen LogP contribution in [-0.2, 0) is 14.8 Å². The van der Waals surface area contributed by atoms with Crippen molar-refractivity contribution in [1.29, 1.82) is 0 Å². The van der Waals surface area contributed by atoms with Crippen LogP contribution in [0.5, 0.6) is 0 Å². The molecule has 0 amide bonds. The van der Waals surface area contributed by atoms with Crippen LogP contribution in [0.1, 0.15) is 13.3 Å². The van der Waals surface area contributed by atoms with E-state index < -0.39 is 26.6 Å². The first-order valence-electron chi connectivity index (χ1n) is 6.17. The summed E-state index contributed by atoms with van der Waals surface area (Å²) in [7, 11) is -4.26. The SMILES string of the molecule is CC1OCCC1CNS(=O)(=O)c1c(F)cc(N)cc1F. The molecular formula is C12H16F2N2O3S. The predicted octanol–water partition coefficient (Wildman–Crippen LogP) is 1.25. The highest BCUT2D eigenvalue weighted by Gasteiger charge is 2.29. The van der Waals surface area contributed by atoms with Gasteiger partial charge in [-0.1, -0.05) is 0 Å². The van der Waals surface area contributed by atoms with Gasteiger partial charge in [-0.25, -0.2) is 21.9 Å². The second-order valence-corrected chi connectivity index (χ2v) is 6.49. The van der Waals surface area contributed by atoms with E-state index in [0.29, 0.717) is 13.0 Å². The molecule has 112 valence electrons. The molecule has 5 nitrogen and oxygen atoms in total. The van der Waals surface area contributed by atoms with Crippen LogP contribution in [0, 0.1) is 17.6 Å². The average molecular weight is 306 g/mol. The second kappa shape index (κ2) is 5.63. The molecule has 1 saturated heterocycles. The summed E-state index contributed by atoms with van der Waals surface area (Å²) in [5, 5.41) is 0. The van der Waals surface area contributed by atoms with Crippen molar-refractivity contribution < 1.29 is 21.9 Å². The van der Waals surface area contributed by atoms with E-state index in [1.807, 2.05) is 6.92 Å². The minimum atomic E-state index is -4.26. The molecule has 1 aliphatic heterocycles. The molecule has 1 aliphatic rings. The largest absolute Gasteiger partial charge is 0.399 e. The van der Waals surface area contributed by atoms with E-state index in [9.17, 15) is 17.2 Å². The maximum atomic E-state index is 13.6. The standard InChI is InChI=1S/C12H16F2N2O3S/c1-7-8(2-3-19-7)6-16-20(17,18)12-10(13)4-9(15)5-11(12)14/h4-5,7-8,16H,2-3,6,15H2,1H3. The zero-order valence-corrected chi connectivity index (χ0v) is 11.7. The van der Waals surface area contributed by atoms with Gasteiger partial charge in [0.15, 0.2) is 4.90 Å². The maximum Gasteiger partial charge on any atom is 0.246 e. The van der Waals surface area contributed by atoms with Gasteiger partial charge in [0, 0.05) is 24.8 Å². The molecule has 0 aromatic heterocycles. The van der Waals surface area contributed by atoms with E-state index in [2.05, 4.69) is 4.72 Å². The van der Waals surface area contributed by atoms with Crippen LogP contribution in [-0.4, -0.2) is 27.7 Å². The Bertz CT molecular complexity index is 584. The van der Waals surface area contributed by atoms with E-state index in [1.165, 1.54) is 0 Å². The fourth-order valence-corrected chi connectivity index (χ4v) is 3.38. The van der Waals surface area contributed by atoms with E-state index in [1.54, 1.807) is 0 Å². The van der Waals surface area contributed by atoms with Crippen molar-refractivity contribution in [3.8, 4) is 0 Å². The van der Waals surface area contributed by atoms with Gasteiger partial charge in [-0.15, -0.1) is 0 Å². The van der Waals surface area contributed by atoms with Crippen molar-refractivity contribution in [3.05, 3.63) is 23.8 Å². The van der Waals surface area contributed by atoms with Crippen molar-refractivity contribution >= 4 is 15.7 Å². The number of anilines is 1.